The predicted octanol–water partition coefficient (Wildman–Crippen LogP) is 2.11. The molecule has 0 aromatic carbocycles. The van der Waals surface area contributed by atoms with E-state index in [-0.39, 0.29) is 5.54 Å². The average Bonchev–Trinajstić information content (AvgIpc) is 2.32. The zero-order valence-corrected chi connectivity index (χ0v) is 9.02. The fraction of sp³-hybridized carbons (Fsp3) is 0.818. The van der Waals surface area contributed by atoms with Gasteiger partial charge in [-0.3, -0.25) is 0 Å². The van der Waals surface area contributed by atoms with Gasteiger partial charge < -0.3 is 10.1 Å². The van der Waals surface area contributed by atoms with Gasteiger partial charge in [0.05, 0.1) is 6.10 Å². The van der Waals surface area contributed by atoms with E-state index in [4.69, 9.17) is 4.74 Å². The summed E-state index contributed by atoms with van der Waals surface area (Å²) in [5, 5.41) is 3.55. The van der Waals surface area contributed by atoms with Gasteiger partial charge in [-0.05, 0) is 40.2 Å². The fourth-order valence-electron chi connectivity index (χ4n) is 1.63. The van der Waals surface area contributed by atoms with Gasteiger partial charge in [0.25, 0.3) is 0 Å². The van der Waals surface area contributed by atoms with Crippen molar-refractivity contribution in [1.29, 1.82) is 0 Å². The summed E-state index contributed by atoms with van der Waals surface area (Å²) in [4.78, 5) is 0. The highest BCUT2D eigenvalue weighted by Crippen LogP contribution is 2.24. The molecular formula is C11H21NO. The SMILES string of the molecule is C=C(C)CCNC1(C)CCOC1C. The summed E-state index contributed by atoms with van der Waals surface area (Å²) in [5.74, 6) is 0. The molecule has 1 fully saturated rings. The predicted molar refractivity (Wildman–Crippen MR) is 55.9 cm³/mol. The first-order valence-electron chi connectivity index (χ1n) is 5.05. The molecular weight excluding hydrogens is 162 g/mol. The molecule has 0 radical (unpaired) electrons. The van der Waals surface area contributed by atoms with E-state index in [2.05, 4.69) is 32.7 Å². The van der Waals surface area contributed by atoms with Crippen LogP contribution in [-0.4, -0.2) is 24.8 Å². The van der Waals surface area contributed by atoms with Gasteiger partial charge in [-0.2, -0.15) is 0 Å². The molecule has 1 rings (SSSR count). The summed E-state index contributed by atoms with van der Waals surface area (Å²) in [6, 6.07) is 0. The maximum absolute atomic E-state index is 5.54. The van der Waals surface area contributed by atoms with Gasteiger partial charge in [0.1, 0.15) is 0 Å². The van der Waals surface area contributed by atoms with Crippen molar-refractivity contribution in [3.05, 3.63) is 12.2 Å². The van der Waals surface area contributed by atoms with E-state index in [1.54, 1.807) is 0 Å². The summed E-state index contributed by atoms with van der Waals surface area (Å²) in [6.07, 6.45) is 2.50. The Balaban J connectivity index is 2.30. The second-order valence-corrected chi connectivity index (χ2v) is 4.31. The summed E-state index contributed by atoms with van der Waals surface area (Å²) in [5.41, 5.74) is 1.41. The van der Waals surface area contributed by atoms with Crippen LogP contribution in [0.25, 0.3) is 0 Å². The lowest BCUT2D eigenvalue weighted by molar-refractivity contribution is 0.0890. The van der Waals surface area contributed by atoms with Crippen molar-refractivity contribution in [2.24, 2.45) is 0 Å². The molecule has 0 spiro atoms. The lowest BCUT2D eigenvalue weighted by Gasteiger charge is -2.29. The van der Waals surface area contributed by atoms with Crippen LogP contribution in [0.5, 0.6) is 0 Å². The molecule has 76 valence electrons. The maximum Gasteiger partial charge on any atom is 0.0726 e. The van der Waals surface area contributed by atoms with Gasteiger partial charge >= 0.3 is 0 Å². The second kappa shape index (κ2) is 4.25. The number of ether oxygens (including phenoxy) is 1. The third-order valence-corrected chi connectivity index (χ3v) is 2.97. The zero-order valence-electron chi connectivity index (χ0n) is 9.02. The van der Waals surface area contributed by atoms with Gasteiger partial charge in [-0.25, -0.2) is 0 Å². The molecule has 2 nitrogen and oxygen atoms in total. The summed E-state index contributed by atoms with van der Waals surface area (Å²) in [7, 11) is 0. The minimum Gasteiger partial charge on any atom is -0.377 e. The Morgan fingerprint density at radius 2 is 2.38 bits per heavy atom. The largest absolute Gasteiger partial charge is 0.377 e. The third kappa shape index (κ3) is 2.82. The van der Waals surface area contributed by atoms with E-state index < -0.39 is 0 Å². The smallest absolute Gasteiger partial charge is 0.0726 e. The first-order valence-corrected chi connectivity index (χ1v) is 5.05. The molecule has 2 heteroatoms. The highest BCUT2D eigenvalue weighted by molar-refractivity contribution is 4.95. The lowest BCUT2D eigenvalue weighted by Crippen LogP contribution is -2.48. The van der Waals surface area contributed by atoms with E-state index >= 15 is 0 Å². The molecule has 0 saturated carbocycles. The van der Waals surface area contributed by atoms with Crippen molar-refractivity contribution in [3.63, 3.8) is 0 Å². The topological polar surface area (TPSA) is 21.3 Å². The Morgan fingerprint density at radius 3 is 2.85 bits per heavy atom. The quantitative estimate of drug-likeness (QED) is 0.674. The van der Waals surface area contributed by atoms with Crippen molar-refractivity contribution >= 4 is 0 Å². The van der Waals surface area contributed by atoms with Crippen LogP contribution in [-0.2, 0) is 4.74 Å². The molecule has 1 saturated heterocycles. The van der Waals surface area contributed by atoms with Gasteiger partial charge in [0.2, 0.25) is 0 Å². The monoisotopic (exact) mass is 183 g/mol. The number of nitrogens with one attached hydrogen (secondary N) is 1. The van der Waals surface area contributed by atoms with Crippen LogP contribution in [0.15, 0.2) is 12.2 Å². The summed E-state index contributed by atoms with van der Waals surface area (Å²) >= 11 is 0. The van der Waals surface area contributed by atoms with E-state index in [9.17, 15) is 0 Å². The van der Waals surface area contributed by atoms with Crippen LogP contribution in [0, 0.1) is 0 Å². The lowest BCUT2D eigenvalue weighted by atomic mass is 9.94. The van der Waals surface area contributed by atoms with Gasteiger partial charge in [0, 0.05) is 12.1 Å². The molecule has 2 atom stereocenters. The Labute approximate surface area is 81.4 Å². The van der Waals surface area contributed by atoms with Crippen LogP contribution in [0.2, 0.25) is 0 Å². The molecule has 2 unspecified atom stereocenters. The maximum atomic E-state index is 5.54. The van der Waals surface area contributed by atoms with E-state index in [0.29, 0.717) is 6.10 Å². The molecule has 0 amide bonds. The fourth-order valence-corrected chi connectivity index (χ4v) is 1.63. The van der Waals surface area contributed by atoms with Crippen molar-refractivity contribution in [1.82, 2.24) is 5.32 Å². The number of hydrogen-bond donors (Lipinski definition) is 1. The average molecular weight is 183 g/mol. The minimum atomic E-state index is 0.176. The molecule has 1 N–H and O–H groups in total. The van der Waals surface area contributed by atoms with Crippen molar-refractivity contribution in [3.8, 4) is 0 Å². The van der Waals surface area contributed by atoms with Gasteiger partial charge in [-0.15, -0.1) is 6.58 Å². The van der Waals surface area contributed by atoms with E-state index in [0.717, 1.165) is 26.0 Å². The normalized spacial score (nSPS) is 33.6. The molecule has 1 aliphatic rings. The van der Waals surface area contributed by atoms with Crippen LogP contribution < -0.4 is 5.32 Å². The van der Waals surface area contributed by atoms with Crippen molar-refractivity contribution in [2.45, 2.75) is 45.3 Å². The molecule has 0 aromatic rings. The standard InChI is InChI=1S/C11H21NO/c1-9(2)5-7-12-11(4)6-8-13-10(11)3/h10,12H,1,5-8H2,2-4H3. The molecule has 0 aliphatic carbocycles. The Hall–Kier alpha value is -0.340. The molecule has 13 heavy (non-hydrogen) atoms. The number of hydrogen-bond acceptors (Lipinski definition) is 2. The van der Waals surface area contributed by atoms with Crippen LogP contribution >= 0.6 is 0 Å². The van der Waals surface area contributed by atoms with E-state index in [1.165, 1.54) is 5.57 Å². The molecule has 1 heterocycles. The Morgan fingerprint density at radius 1 is 1.69 bits per heavy atom. The Kier molecular flexibility index (Phi) is 3.51. The summed E-state index contributed by atoms with van der Waals surface area (Å²) < 4.78 is 5.54. The minimum absolute atomic E-state index is 0.176. The third-order valence-electron chi connectivity index (χ3n) is 2.97. The zero-order chi connectivity index (χ0) is 9.90. The molecule has 1 aliphatic heterocycles. The van der Waals surface area contributed by atoms with Crippen LogP contribution in [0.1, 0.15) is 33.6 Å². The van der Waals surface area contributed by atoms with Crippen LogP contribution in [0.3, 0.4) is 0 Å². The van der Waals surface area contributed by atoms with Crippen molar-refractivity contribution in [2.75, 3.05) is 13.2 Å². The molecule has 0 bridgehead atoms. The van der Waals surface area contributed by atoms with Crippen molar-refractivity contribution < 1.29 is 4.74 Å². The second-order valence-electron chi connectivity index (χ2n) is 4.31. The Bertz CT molecular complexity index is 191. The highest BCUT2D eigenvalue weighted by atomic mass is 16.5. The first-order chi connectivity index (χ1) is 6.04. The summed E-state index contributed by atoms with van der Waals surface area (Å²) in [6.45, 7) is 12.2. The van der Waals surface area contributed by atoms with Gasteiger partial charge in [-0.1, -0.05) is 5.57 Å². The van der Waals surface area contributed by atoms with Gasteiger partial charge in [0.15, 0.2) is 0 Å². The molecule has 0 aromatic heterocycles. The number of rotatable bonds is 4. The van der Waals surface area contributed by atoms with E-state index in [1.807, 2.05) is 0 Å². The van der Waals surface area contributed by atoms with Crippen LogP contribution in [0.4, 0.5) is 0 Å². The highest BCUT2D eigenvalue weighted by Gasteiger charge is 2.35. The first kappa shape index (κ1) is 10.7.